The van der Waals surface area contributed by atoms with Crippen LogP contribution in [0.4, 0.5) is 5.69 Å². The normalized spacial score (nSPS) is 16.0. The minimum Gasteiger partial charge on any atom is -0.497 e. The minimum atomic E-state index is -0.700. The molecule has 0 aliphatic carbocycles. The van der Waals surface area contributed by atoms with Crippen LogP contribution in [-0.4, -0.2) is 18.9 Å². The van der Waals surface area contributed by atoms with Gasteiger partial charge < -0.3 is 15.0 Å². The van der Waals surface area contributed by atoms with Crippen LogP contribution in [0.1, 0.15) is 24.1 Å². The van der Waals surface area contributed by atoms with Crippen molar-refractivity contribution < 1.29 is 14.3 Å². The number of benzene rings is 2. The van der Waals surface area contributed by atoms with E-state index in [0.717, 1.165) is 16.9 Å². The van der Waals surface area contributed by atoms with Gasteiger partial charge in [-0.15, -0.1) is 0 Å². The molecule has 1 aliphatic heterocycles. The van der Waals surface area contributed by atoms with E-state index in [-0.39, 0.29) is 11.8 Å². The van der Waals surface area contributed by atoms with Gasteiger partial charge in [0.15, 0.2) is 0 Å². The van der Waals surface area contributed by atoms with Gasteiger partial charge in [-0.1, -0.05) is 35.9 Å². The van der Waals surface area contributed by atoms with Gasteiger partial charge in [-0.25, -0.2) is 0 Å². The number of carbonyl (C=O) groups is 2. The average Bonchev–Trinajstić information content (AvgIpc) is 2.82. The largest absolute Gasteiger partial charge is 0.497 e. The van der Waals surface area contributed by atoms with Gasteiger partial charge in [0.2, 0.25) is 5.91 Å². The van der Waals surface area contributed by atoms with Crippen molar-refractivity contribution in [3.05, 3.63) is 58.6 Å². The Morgan fingerprint density at radius 2 is 1.96 bits per heavy atom. The number of methoxy groups -OCH3 is 1. The number of anilines is 1. The Morgan fingerprint density at radius 3 is 2.58 bits per heavy atom. The number of hydrogen-bond acceptors (Lipinski definition) is 3. The number of halogens is 1. The number of nitrogens with one attached hydrogen (secondary N) is 1. The molecule has 0 saturated carbocycles. The highest BCUT2D eigenvalue weighted by molar-refractivity contribution is 6.34. The van der Waals surface area contributed by atoms with Gasteiger partial charge in [-0.3, -0.25) is 9.59 Å². The van der Waals surface area contributed by atoms with Crippen molar-refractivity contribution in [1.29, 1.82) is 0 Å². The van der Waals surface area contributed by atoms with E-state index in [1.54, 1.807) is 24.1 Å². The Bertz CT molecular complexity index is 789. The van der Waals surface area contributed by atoms with Gasteiger partial charge in [0, 0.05) is 12.5 Å². The zero-order chi connectivity index (χ0) is 17.3. The number of nitrogens with zero attached hydrogens (tertiary/aromatic N) is 1. The smallest absolute Gasteiger partial charge is 0.254 e. The first kappa shape index (κ1) is 16.3. The maximum Gasteiger partial charge on any atom is 0.254 e. The summed E-state index contributed by atoms with van der Waals surface area (Å²) >= 11 is 6.32. The molecule has 0 fully saturated rings. The number of carbonyl (C=O) groups excluding carboxylic acids is 2. The van der Waals surface area contributed by atoms with E-state index in [9.17, 15) is 9.59 Å². The number of ether oxygens (including phenoxy) is 1. The second kappa shape index (κ2) is 6.53. The molecule has 6 heteroatoms. The molecule has 124 valence electrons. The fourth-order valence-corrected chi connectivity index (χ4v) is 3.15. The number of para-hydroxylation sites is 1. The number of fused-ring (bicyclic) bond motifs is 1. The van der Waals surface area contributed by atoms with Crippen molar-refractivity contribution in [3.63, 3.8) is 0 Å². The molecular weight excluding hydrogens is 328 g/mol. The van der Waals surface area contributed by atoms with Crippen molar-refractivity contribution in [1.82, 2.24) is 5.32 Å². The lowest BCUT2D eigenvalue weighted by molar-refractivity contribution is -0.126. The third-order valence-corrected chi connectivity index (χ3v) is 4.26. The summed E-state index contributed by atoms with van der Waals surface area (Å²) in [5, 5.41) is 3.19. The summed E-state index contributed by atoms with van der Waals surface area (Å²) in [7, 11) is 1.60. The maximum absolute atomic E-state index is 12.8. The molecule has 2 aromatic carbocycles. The first-order chi connectivity index (χ1) is 11.5. The van der Waals surface area contributed by atoms with Crippen molar-refractivity contribution in [2.24, 2.45) is 0 Å². The van der Waals surface area contributed by atoms with Gasteiger partial charge in [0.25, 0.3) is 5.91 Å². The van der Waals surface area contributed by atoms with Gasteiger partial charge in [-0.2, -0.15) is 0 Å². The van der Waals surface area contributed by atoms with Crippen molar-refractivity contribution in [3.8, 4) is 5.75 Å². The Morgan fingerprint density at radius 1 is 1.25 bits per heavy atom. The molecular formula is C18H17ClN2O3. The molecule has 2 amide bonds. The zero-order valence-electron chi connectivity index (χ0n) is 13.4. The van der Waals surface area contributed by atoms with Crippen LogP contribution in [-0.2, 0) is 16.1 Å². The molecule has 24 heavy (non-hydrogen) atoms. The van der Waals surface area contributed by atoms with E-state index >= 15 is 0 Å². The highest BCUT2D eigenvalue weighted by atomic mass is 35.5. The lowest BCUT2D eigenvalue weighted by Crippen LogP contribution is -2.36. The maximum atomic E-state index is 12.8. The molecule has 0 aromatic heterocycles. The average molecular weight is 345 g/mol. The van der Waals surface area contributed by atoms with Gasteiger partial charge in [0.1, 0.15) is 11.8 Å². The second-order valence-electron chi connectivity index (χ2n) is 5.58. The van der Waals surface area contributed by atoms with Crippen LogP contribution in [0.25, 0.3) is 0 Å². The molecule has 2 aromatic rings. The van der Waals surface area contributed by atoms with Crippen LogP contribution in [0.2, 0.25) is 5.02 Å². The SMILES string of the molecule is COc1ccc(CN2C(=O)[C@@H](NC(C)=O)c3cccc(Cl)c32)cc1. The molecule has 0 radical (unpaired) electrons. The Kier molecular flexibility index (Phi) is 4.44. The quantitative estimate of drug-likeness (QED) is 0.927. The van der Waals surface area contributed by atoms with Crippen LogP contribution in [0, 0.1) is 0 Å². The zero-order valence-corrected chi connectivity index (χ0v) is 14.1. The second-order valence-corrected chi connectivity index (χ2v) is 5.99. The summed E-state index contributed by atoms with van der Waals surface area (Å²) < 4.78 is 5.15. The molecule has 1 aliphatic rings. The molecule has 1 heterocycles. The summed E-state index contributed by atoms with van der Waals surface area (Å²) in [5.74, 6) is 0.302. The van der Waals surface area contributed by atoms with Crippen LogP contribution in [0.15, 0.2) is 42.5 Å². The summed E-state index contributed by atoms with van der Waals surface area (Å²) in [4.78, 5) is 25.9. The standard InChI is InChI=1S/C18H17ClN2O3/c1-11(22)20-16-14-4-3-5-15(19)17(14)21(18(16)23)10-12-6-8-13(24-2)9-7-12/h3-9,16H,10H2,1-2H3,(H,20,22)/t16-/m0/s1. The summed E-state index contributed by atoms with van der Waals surface area (Å²) in [6.07, 6.45) is 0. The van der Waals surface area contributed by atoms with Gasteiger partial charge >= 0.3 is 0 Å². The van der Waals surface area contributed by atoms with E-state index in [0.29, 0.717) is 17.3 Å². The minimum absolute atomic E-state index is 0.191. The summed E-state index contributed by atoms with van der Waals surface area (Å²) in [6, 6.07) is 12.1. The lowest BCUT2D eigenvalue weighted by atomic mass is 10.1. The van der Waals surface area contributed by atoms with E-state index in [2.05, 4.69) is 5.32 Å². The molecule has 0 spiro atoms. The highest BCUT2D eigenvalue weighted by Gasteiger charge is 2.39. The molecule has 0 saturated heterocycles. The third-order valence-electron chi connectivity index (χ3n) is 3.96. The molecule has 1 N–H and O–H groups in total. The first-order valence-corrected chi connectivity index (χ1v) is 7.89. The van der Waals surface area contributed by atoms with E-state index in [4.69, 9.17) is 16.3 Å². The Balaban J connectivity index is 1.95. The molecule has 5 nitrogen and oxygen atoms in total. The van der Waals surface area contributed by atoms with E-state index < -0.39 is 6.04 Å². The van der Waals surface area contributed by atoms with Gasteiger partial charge in [-0.05, 0) is 23.8 Å². The molecule has 0 bridgehead atoms. The van der Waals surface area contributed by atoms with E-state index in [1.165, 1.54) is 6.92 Å². The summed E-state index contributed by atoms with van der Waals surface area (Å²) in [5.41, 5.74) is 2.31. The number of hydrogen-bond donors (Lipinski definition) is 1. The summed E-state index contributed by atoms with van der Waals surface area (Å²) in [6.45, 7) is 1.76. The molecule has 3 rings (SSSR count). The lowest BCUT2D eigenvalue weighted by Gasteiger charge is -2.19. The van der Waals surface area contributed by atoms with Crippen molar-refractivity contribution in [2.75, 3.05) is 12.0 Å². The fourth-order valence-electron chi connectivity index (χ4n) is 2.86. The van der Waals surface area contributed by atoms with Crippen molar-refractivity contribution in [2.45, 2.75) is 19.5 Å². The van der Waals surface area contributed by atoms with Crippen LogP contribution < -0.4 is 15.0 Å². The predicted octanol–water partition coefficient (Wildman–Crippen LogP) is 3.07. The Labute approximate surface area is 145 Å². The first-order valence-electron chi connectivity index (χ1n) is 7.51. The molecule has 1 atom stereocenters. The predicted molar refractivity (Wildman–Crippen MR) is 92.2 cm³/mol. The van der Waals surface area contributed by atoms with Crippen LogP contribution >= 0.6 is 11.6 Å². The van der Waals surface area contributed by atoms with Crippen molar-refractivity contribution >= 4 is 29.1 Å². The van der Waals surface area contributed by atoms with Gasteiger partial charge in [0.05, 0.1) is 24.4 Å². The van der Waals surface area contributed by atoms with Crippen LogP contribution in [0.5, 0.6) is 5.75 Å². The monoisotopic (exact) mass is 344 g/mol. The Hall–Kier alpha value is -2.53. The number of amides is 2. The molecule has 0 unspecified atom stereocenters. The van der Waals surface area contributed by atoms with Crippen LogP contribution in [0.3, 0.4) is 0 Å². The highest BCUT2D eigenvalue weighted by Crippen LogP contribution is 2.41. The topological polar surface area (TPSA) is 58.6 Å². The third kappa shape index (κ3) is 2.95. The van der Waals surface area contributed by atoms with E-state index in [1.807, 2.05) is 30.3 Å². The fraction of sp³-hybridized carbons (Fsp3) is 0.222. The number of rotatable bonds is 4.